The van der Waals surface area contributed by atoms with Crippen LogP contribution in [0.4, 0.5) is 4.39 Å². The second-order valence-corrected chi connectivity index (χ2v) is 8.32. The Morgan fingerprint density at radius 2 is 2.07 bits per heavy atom. The summed E-state index contributed by atoms with van der Waals surface area (Å²) in [7, 11) is 0. The van der Waals surface area contributed by atoms with Gasteiger partial charge in [0.2, 0.25) is 0 Å². The first kappa shape index (κ1) is 17.9. The lowest BCUT2D eigenvalue weighted by atomic mass is 9.45. The maximum absolute atomic E-state index is 14.5. The summed E-state index contributed by atoms with van der Waals surface area (Å²) in [5.41, 5.74) is 2.16. The summed E-state index contributed by atoms with van der Waals surface area (Å²) in [6.45, 7) is 3.15. The SMILES string of the molecule is Cc1cn2cc(-c3cc4ncn(N5CCB(C#N)CC5)c(=O)c4s3)cc(F)c2n1. The van der Waals surface area contributed by atoms with E-state index in [4.69, 9.17) is 5.26 Å². The van der Waals surface area contributed by atoms with E-state index in [9.17, 15) is 9.18 Å². The molecule has 1 fully saturated rings. The van der Waals surface area contributed by atoms with Gasteiger partial charge in [-0.15, -0.1) is 11.3 Å². The number of halogens is 1. The Hall–Kier alpha value is -3.19. The molecule has 1 aliphatic rings. The van der Waals surface area contributed by atoms with E-state index in [1.54, 1.807) is 15.3 Å². The number of fused-ring (bicyclic) bond motifs is 2. The Bertz CT molecular complexity index is 1340. The van der Waals surface area contributed by atoms with Crippen molar-refractivity contribution in [2.24, 2.45) is 0 Å². The maximum atomic E-state index is 14.5. The summed E-state index contributed by atoms with van der Waals surface area (Å²) in [4.78, 5) is 22.4. The molecule has 1 aliphatic heterocycles. The zero-order valence-corrected chi connectivity index (χ0v) is 16.5. The second kappa shape index (κ2) is 6.70. The van der Waals surface area contributed by atoms with Gasteiger partial charge in [0.05, 0.1) is 11.2 Å². The van der Waals surface area contributed by atoms with Crippen LogP contribution in [0.15, 0.2) is 35.6 Å². The predicted molar refractivity (Wildman–Crippen MR) is 112 cm³/mol. The molecule has 0 aliphatic carbocycles. The summed E-state index contributed by atoms with van der Waals surface area (Å²) in [5.74, 6) is 1.89. The summed E-state index contributed by atoms with van der Waals surface area (Å²) in [6, 6.07) is 3.26. The van der Waals surface area contributed by atoms with Crippen molar-refractivity contribution >= 4 is 33.9 Å². The van der Waals surface area contributed by atoms with Crippen LogP contribution in [0.2, 0.25) is 12.6 Å². The number of pyridine rings is 1. The van der Waals surface area contributed by atoms with Gasteiger partial charge in [-0.05, 0) is 31.7 Å². The third-order valence-electron chi connectivity index (χ3n) is 5.29. The van der Waals surface area contributed by atoms with Crippen LogP contribution in [0.1, 0.15) is 5.69 Å². The number of hydrogen-bond donors (Lipinski definition) is 0. The van der Waals surface area contributed by atoms with Crippen molar-refractivity contribution in [3.8, 4) is 16.4 Å². The predicted octanol–water partition coefficient (Wildman–Crippen LogP) is 2.73. The molecule has 0 saturated carbocycles. The van der Waals surface area contributed by atoms with E-state index in [1.807, 2.05) is 24.2 Å². The number of nitrogens with zero attached hydrogens (tertiary/aromatic N) is 6. The van der Waals surface area contributed by atoms with Crippen molar-refractivity contribution < 1.29 is 4.39 Å². The van der Waals surface area contributed by atoms with Gasteiger partial charge >= 0.3 is 0 Å². The average molecular weight is 406 g/mol. The van der Waals surface area contributed by atoms with Crippen molar-refractivity contribution in [1.29, 1.82) is 5.26 Å². The lowest BCUT2D eigenvalue weighted by Gasteiger charge is -2.30. The topological polar surface area (TPSA) is 79.2 Å². The Labute approximate surface area is 169 Å². The highest BCUT2D eigenvalue weighted by Crippen LogP contribution is 2.32. The third-order valence-corrected chi connectivity index (χ3v) is 6.45. The monoisotopic (exact) mass is 406 g/mol. The molecule has 144 valence electrons. The van der Waals surface area contributed by atoms with Crippen LogP contribution in [-0.4, -0.2) is 38.8 Å². The zero-order chi connectivity index (χ0) is 20.1. The standard InChI is InChI=1S/C19H16BFN6OS/c1-12-8-25-9-13(6-14(21)18(25)24-12)16-7-15-17(29-16)19(28)27(11-23-15)26-4-2-20(10-22)3-5-26/h6-9,11H,2-5H2,1H3. The van der Waals surface area contributed by atoms with Gasteiger partial charge in [0.15, 0.2) is 11.5 Å². The highest BCUT2D eigenvalue weighted by molar-refractivity contribution is 7.22. The minimum absolute atomic E-state index is 0.0450. The summed E-state index contributed by atoms with van der Waals surface area (Å²) in [5, 5.41) is 11.0. The number of thiophene rings is 1. The summed E-state index contributed by atoms with van der Waals surface area (Å²) < 4.78 is 18.2. The molecule has 0 unspecified atom stereocenters. The van der Waals surface area contributed by atoms with E-state index in [0.29, 0.717) is 28.9 Å². The van der Waals surface area contributed by atoms with Gasteiger partial charge in [-0.2, -0.15) is 0 Å². The number of aryl methyl sites for hydroxylation is 1. The molecule has 0 aromatic carbocycles. The van der Waals surface area contributed by atoms with Crippen molar-refractivity contribution in [3.05, 3.63) is 52.7 Å². The van der Waals surface area contributed by atoms with Gasteiger partial charge in [0, 0.05) is 41.9 Å². The quantitative estimate of drug-likeness (QED) is 0.479. The molecule has 5 heterocycles. The van der Waals surface area contributed by atoms with E-state index in [1.165, 1.54) is 23.7 Å². The van der Waals surface area contributed by atoms with Crippen LogP contribution in [0, 0.1) is 24.0 Å². The van der Waals surface area contributed by atoms with Crippen molar-refractivity contribution in [2.45, 2.75) is 19.6 Å². The molecule has 0 radical (unpaired) electrons. The van der Waals surface area contributed by atoms with Gasteiger partial charge in [-0.25, -0.2) is 24.3 Å². The summed E-state index contributed by atoms with van der Waals surface area (Å²) in [6.07, 6.45) is 6.59. The minimum Gasteiger partial charge on any atom is -0.310 e. The molecule has 0 N–H and O–H groups in total. The molecule has 10 heteroatoms. The van der Waals surface area contributed by atoms with Gasteiger partial charge in [-0.3, -0.25) is 4.79 Å². The molecule has 5 rings (SSSR count). The first-order valence-electron chi connectivity index (χ1n) is 9.35. The number of hydrogen-bond acceptors (Lipinski definition) is 6. The number of imidazole rings is 1. The Kier molecular flexibility index (Phi) is 4.13. The second-order valence-electron chi connectivity index (χ2n) is 7.27. The van der Waals surface area contributed by atoms with Crippen LogP contribution in [0.25, 0.3) is 26.3 Å². The normalized spacial score (nSPS) is 14.7. The minimum atomic E-state index is -0.404. The molecular weight excluding hydrogens is 390 g/mol. The van der Waals surface area contributed by atoms with Crippen LogP contribution in [-0.2, 0) is 0 Å². The van der Waals surface area contributed by atoms with Gasteiger partial charge in [-0.1, -0.05) is 0 Å². The fraction of sp³-hybridized carbons (Fsp3) is 0.263. The van der Waals surface area contributed by atoms with E-state index < -0.39 is 5.82 Å². The smallest absolute Gasteiger partial charge is 0.289 e. The fourth-order valence-electron chi connectivity index (χ4n) is 3.77. The molecule has 4 aromatic rings. The van der Waals surface area contributed by atoms with E-state index in [-0.39, 0.29) is 17.9 Å². The van der Waals surface area contributed by atoms with Gasteiger partial charge in [0.25, 0.3) is 12.3 Å². The molecule has 7 nitrogen and oxygen atoms in total. The number of aromatic nitrogens is 4. The highest BCUT2D eigenvalue weighted by atomic mass is 32.1. The van der Waals surface area contributed by atoms with Crippen molar-refractivity contribution in [3.63, 3.8) is 0 Å². The average Bonchev–Trinajstić information content (AvgIpc) is 3.32. The number of rotatable bonds is 2. The molecular formula is C19H16BFN6OS. The van der Waals surface area contributed by atoms with Crippen LogP contribution in [0.3, 0.4) is 0 Å². The van der Waals surface area contributed by atoms with E-state index >= 15 is 0 Å². The zero-order valence-electron chi connectivity index (χ0n) is 15.7. The molecule has 0 atom stereocenters. The van der Waals surface area contributed by atoms with Gasteiger partial charge < -0.3 is 9.41 Å². The maximum Gasteiger partial charge on any atom is 0.289 e. The van der Waals surface area contributed by atoms with E-state index in [0.717, 1.165) is 23.2 Å². The largest absolute Gasteiger partial charge is 0.310 e. The molecule has 29 heavy (non-hydrogen) atoms. The fourth-order valence-corrected chi connectivity index (χ4v) is 4.79. The first-order valence-corrected chi connectivity index (χ1v) is 10.2. The van der Waals surface area contributed by atoms with Crippen LogP contribution >= 0.6 is 11.3 Å². The Morgan fingerprint density at radius 3 is 2.83 bits per heavy atom. The van der Waals surface area contributed by atoms with Gasteiger partial charge in [0.1, 0.15) is 11.0 Å². The Morgan fingerprint density at radius 1 is 1.28 bits per heavy atom. The van der Waals surface area contributed by atoms with Crippen molar-refractivity contribution in [2.75, 3.05) is 18.1 Å². The lowest BCUT2D eigenvalue weighted by Crippen LogP contribution is -2.48. The number of nitriles is 1. The third kappa shape index (κ3) is 2.98. The molecule has 0 amide bonds. The van der Waals surface area contributed by atoms with Crippen LogP contribution < -0.4 is 10.6 Å². The molecule has 1 saturated heterocycles. The Balaban J connectivity index is 1.55. The first-order chi connectivity index (χ1) is 14.0. The molecule has 0 bridgehead atoms. The summed E-state index contributed by atoms with van der Waals surface area (Å²) >= 11 is 1.31. The lowest BCUT2D eigenvalue weighted by molar-refractivity contribution is 0.580. The highest BCUT2D eigenvalue weighted by Gasteiger charge is 2.24. The molecule has 4 aromatic heterocycles. The molecule has 0 spiro atoms. The van der Waals surface area contributed by atoms with Crippen LogP contribution in [0.5, 0.6) is 0 Å². The van der Waals surface area contributed by atoms with E-state index in [2.05, 4.69) is 15.9 Å². The van der Waals surface area contributed by atoms with Crippen molar-refractivity contribution in [1.82, 2.24) is 19.0 Å².